The number of aromatic carboxylic acids is 1. The minimum absolute atomic E-state index is 0.107. The largest absolute Gasteiger partial charge is 0.478 e. The SMILES string of the molecule is CC1(C)CCC(C)(C)c2cc(C(/C=C/c3ccc(C(=O)O)cc3)Cc3ccc(F)cc3)ccc21. The van der Waals surface area contributed by atoms with Crippen LogP contribution in [-0.2, 0) is 17.3 Å². The Balaban J connectivity index is 1.72. The number of allylic oxidation sites excluding steroid dienone is 1. The number of carboxylic acid groups (broad SMARTS) is 1. The van der Waals surface area contributed by atoms with E-state index in [0.29, 0.717) is 0 Å². The van der Waals surface area contributed by atoms with Crippen molar-refractivity contribution in [2.24, 2.45) is 0 Å². The van der Waals surface area contributed by atoms with E-state index in [-0.39, 0.29) is 28.1 Å². The Hall–Kier alpha value is -3.20. The highest BCUT2D eigenvalue weighted by Crippen LogP contribution is 2.46. The van der Waals surface area contributed by atoms with Crippen LogP contribution in [0.5, 0.6) is 0 Å². The van der Waals surface area contributed by atoms with Gasteiger partial charge in [-0.05, 0) is 82.2 Å². The molecule has 176 valence electrons. The number of carbonyl (C=O) groups is 1. The summed E-state index contributed by atoms with van der Waals surface area (Å²) < 4.78 is 13.5. The van der Waals surface area contributed by atoms with Crippen LogP contribution in [0.2, 0.25) is 0 Å². The molecule has 1 atom stereocenters. The van der Waals surface area contributed by atoms with Gasteiger partial charge in [-0.3, -0.25) is 0 Å². The second kappa shape index (κ2) is 9.21. The van der Waals surface area contributed by atoms with Gasteiger partial charge in [0.1, 0.15) is 5.82 Å². The van der Waals surface area contributed by atoms with Crippen molar-refractivity contribution in [3.05, 3.63) is 112 Å². The first-order valence-corrected chi connectivity index (χ1v) is 12.0. The standard InChI is InChI=1S/C31H33FO2/c1-30(2)17-18-31(3,4)28-20-25(13-16-27(28)30)24(19-22-8-14-26(32)15-9-22)12-7-21-5-10-23(11-6-21)29(33)34/h5-16,20,24H,17-19H2,1-4H3,(H,33,34)/b12-7+. The van der Waals surface area contributed by atoms with Gasteiger partial charge in [-0.15, -0.1) is 0 Å². The summed E-state index contributed by atoms with van der Waals surface area (Å²) >= 11 is 0. The van der Waals surface area contributed by atoms with E-state index in [2.05, 4.69) is 52.0 Å². The molecular weight excluding hydrogens is 423 g/mol. The summed E-state index contributed by atoms with van der Waals surface area (Å²) in [5.74, 6) is -1.05. The molecular formula is C31H33FO2. The highest BCUT2D eigenvalue weighted by molar-refractivity contribution is 5.87. The third-order valence-electron chi connectivity index (χ3n) is 7.35. The number of halogens is 1. The van der Waals surface area contributed by atoms with Gasteiger partial charge < -0.3 is 5.11 Å². The molecule has 4 rings (SSSR count). The molecule has 3 heteroatoms. The van der Waals surface area contributed by atoms with Gasteiger partial charge in [-0.2, -0.15) is 0 Å². The second-order valence-electron chi connectivity index (χ2n) is 10.8. The van der Waals surface area contributed by atoms with Gasteiger partial charge in [-0.25, -0.2) is 9.18 Å². The van der Waals surface area contributed by atoms with E-state index in [1.54, 1.807) is 12.1 Å². The normalized spacial score (nSPS) is 17.3. The maximum Gasteiger partial charge on any atom is 0.335 e. The molecule has 34 heavy (non-hydrogen) atoms. The van der Waals surface area contributed by atoms with Crippen LogP contribution < -0.4 is 0 Å². The van der Waals surface area contributed by atoms with Crippen molar-refractivity contribution in [3.8, 4) is 0 Å². The monoisotopic (exact) mass is 456 g/mol. The van der Waals surface area contributed by atoms with Gasteiger partial charge in [0.05, 0.1) is 5.56 Å². The molecule has 3 aromatic rings. The van der Waals surface area contributed by atoms with Crippen LogP contribution in [0.1, 0.15) is 84.6 Å². The second-order valence-corrected chi connectivity index (χ2v) is 10.8. The molecule has 0 saturated carbocycles. The molecule has 1 aliphatic rings. The maximum atomic E-state index is 13.5. The summed E-state index contributed by atoms with van der Waals surface area (Å²) in [6, 6.07) is 20.6. The molecule has 0 spiro atoms. The van der Waals surface area contributed by atoms with Gasteiger partial charge in [0.2, 0.25) is 0 Å². The van der Waals surface area contributed by atoms with Gasteiger partial charge in [0, 0.05) is 5.92 Å². The quantitative estimate of drug-likeness (QED) is 0.409. The average Bonchev–Trinajstić information content (AvgIpc) is 2.81. The summed E-state index contributed by atoms with van der Waals surface area (Å²) in [6.45, 7) is 9.33. The van der Waals surface area contributed by atoms with Crippen molar-refractivity contribution in [2.75, 3.05) is 0 Å². The Morgan fingerprint density at radius 2 is 1.53 bits per heavy atom. The molecule has 0 fully saturated rings. The van der Waals surface area contributed by atoms with E-state index in [1.165, 1.54) is 35.2 Å². The molecule has 0 saturated heterocycles. The molecule has 3 aromatic carbocycles. The molecule has 0 bridgehead atoms. The van der Waals surface area contributed by atoms with E-state index >= 15 is 0 Å². The number of carboxylic acids is 1. The van der Waals surface area contributed by atoms with E-state index in [0.717, 1.165) is 24.0 Å². The molecule has 0 amide bonds. The minimum Gasteiger partial charge on any atom is -0.478 e. The number of benzene rings is 3. The van der Waals surface area contributed by atoms with Crippen molar-refractivity contribution in [3.63, 3.8) is 0 Å². The van der Waals surface area contributed by atoms with Crippen LogP contribution in [0.4, 0.5) is 4.39 Å². The number of rotatable bonds is 6. The lowest BCUT2D eigenvalue weighted by Crippen LogP contribution is -2.34. The van der Waals surface area contributed by atoms with Crippen molar-refractivity contribution in [1.29, 1.82) is 0 Å². The van der Waals surface area contributed by atoms with E-state index in [1.807, 2.05) is 30.3 Å². The van der Waals surface area contributed by atoms with E-state index < -0.39 is 5.97 Å². The maximum absolute atomic E-state index is 13.5. The summed E-state index contributed by atoms with van der Waals surface area (Å²) in [5, 5.41) is 9.16. The molecule has 0 aromatic heterocycles. The zero-order valence-electron chi connectivity index (χ0n) is 20.4. The van der Waals surface area contributed by atoms with E-state index in [9.17, 15) is 9.18 Å². The molecule has 1 N–H and O–H groups in total. The average molecular weight is 457 g/mol. The first-order valence-electron chi connectivity index (χ1n) is 12.0. The van der Waals surface area contributed by atoms with Crippen molar-refractivity contribution in [2.45, 2.75) is 63.7 Å². The molecule has 0 aliphatic heterocycles. The lowest BCUT2D eigenvalue weighted by Gasteiger charge is -2.42. The number of hydrogen-bond donors (Lipinski definition) is 1. The summed E-state index contributed by atoms with van der Waals surface area (Å²) in [5.41, 5.74) is 6.69. The first-order chi connectivity index (χ1) is 16.0. The van der Waals surface area contributed by atoms with Crippen LogP contribution >= 0.6 is 0 Å². The zero-order valence-corrected chi connectivity index (χ0v) is 20.4. The highest BCUT2D eigenvalue weighted by atomic mass is 19.1. The topological polar surface area (TPSA) is 37.3 Å². The van der Waals surface area contributed by atoms with Crippen LogP contribution in [0.15, 0.2) is 72.8 Å². The Bertz CT molecular complexity index is 1200. The Kier molecular flexibility index (Phi) is 6.49. The van der Waals surface area contributed by atoms with Crippen LogP contribution in [-0.4, -0.2) is 11.1 Å². The fraction of sp³-hybridized carbons (Fsp3) is 0.323. The van der Waals surface area contributed by atoms with Crippen LogP contribution in [0.3, 0.4) is 0 Å². The fourth-order valence-electron chi connectivity index (χ4n) is 4.97. The molecule has 1 aliphatic carbocycles. The zero-order chi connectivity index (χ0) is 24.5. The smallest absolute Gasteiger partial charge is 0.335 e. The van der Waals surface area contributed by atoms with Crippen molar-refractivity contribution in [1.82, 2.24) is 0 Å². The lowest BCUT2D eigenvalue weighted by atomic mass is 9.62. The number of hydrogen-bond acceptors (Lipinski definition) is 1. The third kappa shape index (κ3) is 5.14. The van der Waals surface area contributed by atoms with Gasteiger partial charge >= 0.3 is 5.97 Å². The third-order valence-corrected chi connectivity index (χ3v) is 7.35. The Morgan fingerprint density at radius 3 is 2.15 bits per heavy atom. The fourth-order valence-corrected chi connectivity index (χ4v) is 4.97. The van der Waals surface area contributed by atoms with Crippen LogP contribution in [0, 0.1) is 5.82 Å². The summed E-state index contributed by atoms with van der Waals surface area (Å²) in [7, 11) is 0. The van der Waals surface area contributed by atoms with Crippen molar-refractivity contribution >= 4 is 12.0 Å². The predicted molar refractivity (Wildman–Crippen MR) is 137 cm³/mol. The lowest BCUT2D eigenvalue weighted by molar-refractivity contribution is 0.0697. The Morgan fingerprint density at radius 1 is 0.912 bits per heavy atom. The van der Waals surface area contributed by atoms with E-state index in [4.69, 9.17) is 5.11 Å². The number of fused-ring (bicyclic) bond motifs is 1. The highest BCUT2D eigenvalue weighted by Gasteiger charge is 2.37. The molecule has 0 heterocycles. The molecule has 1 unspecified atom stereocenters. The summed E-state index contributed by atoms with van der Waals surface area (Å²) in [6.07, 6.45) is 7.32. The predicted octanol–water partition coefficient (Wildman–Crippen LogP) is 7.91. The minimum atomic E-state index is -0.927. The molecule has 0 radical (unpaired) electrons. The van der Waals surface area contributed by atoms with Crippen molar-refractivity contribution < 1.29 is 14.3 Å². The van der Waals surface area contributed by atoms with Gasteiger partial charge in [-0.1, -0.05) is 82.3 Å². The van der Waals surface area contributed by atoms with Gasteiger partial charge in [0.25, 0.3) is 0 Å². The van der Waals surface area contributed by atoms with Gasteiger partial charge in [0.15, 0.2) is 0 Å². The Labute approximate surface area is 202 Å². The summed E-state index contributed by atoms with van der Waals surface area (Å²) in [4.78, 5) is 11.2. The first kappa shape index (κ1) is 23.9. The molecule has 2 nitrogen and oxygen atoms in total. The van der Waals surface area contributed by atoms with Crippen LogP contribution in [0.25, 0.3) is 6.08 Å².